The molecule has 1 aliphatic heterocycles. The van der Waals surface area contributed by atoms with E-state index in [0.29, 0.717) is 29.7 Å². The van der Waals surface area contributed by atoms with Crippen LogP contribution in [0.3, 0.4) is 0 Å². The highest BCUT2D eigenvalue weighted by Gasteiger charge is 2.40. The van der Waals surface area contributed by atoms with Crippen LogP contribution < -0.4 is 11.1 Å². The van der Waals surface area contributed by atoms with E-state index >= 15 is 0 Å². The van der Waals surface area contributed by atoms with E-state index in [9.17, 15) is 4.79 Å². The third-order valence-electron chi connectivity index (χ3n) is 5.20. The van der Waals surface area contributed by atoms with Crippen molar-refractivity contribution in [3.63, 3.8) is 0 Å². The number of pyridine rings is 1. The highest BCUT2D eigenvalue weighted by Crippen LogP contribution is 2.30. The molecule has 0 atom stereocenters. The molecule has 2 aromatic heterocycles. The number of aromatic nitrogens is 2. The molecule has 8 nitrogen and oxygen atoms in total. The largest absolute Gasteiger partial charge is 0.388 e. The number of hydrogen-bond acceptors (Lipinski definition) is 5. The number of nitrogens with one attached hydrogen (secondary N) is 1. The number of amidine groups is 1. The van der Waals surface area contributed by atoms with E-state index in [1.165, 1.54) is 0 Å². The molecule has 1 aliphatic rings. The highest BCUT2D eigenvalue weighted by atomic mass is 35.5. The van der Waals surface area contributed by atoms with Gasteiger partial charge in [0.2, 0.25) is 0 Å². The molecule has 1 fully saturated rings. The maximum absolute atomic E-state index is 13.5. The highest BCUT2D eigenvalue weighted by molar-refractivity contribution is 6.33. The molecule has 9 heteroatoms. The Kier molecular flexibility index (Phi) is 6.70. The first kappa shape index (κ1) is 22.4. The summed E-state index contributed by atoms with van der Waals surface area (Å²) in [6.07, 6.45) is 5.69. The maximum Gasteiger partial charge on any atom is 0.330 e. The number of urea groups is 1. The number of anilines is 1. The van der Waals surface area contributed by atoms with Gasteiger partial charge in [0, 0.05) is 49.4 Å². The summed E-state index contributed by atoms with van der Waals surface area (Å²) in [5, 5.41) is 3.66. The summed E-state index contributed by atoms with van der Waals surface area (Å²) in [6.45, 7) is 10.7. The topological polar surface area (TPSA) is 91.8 Å². The second-order valence-electron chi connectivity index (χ2n) is 7.39. The van der Waals surface area contributed by atoms with Crippen molar-refractivity contribution in [1.82, 2.24) is 19.4 Å². The summed E-state index contributed by atoms with van der Waals surface area (Å²) in [4.78, 5) is 25.6. The Labute approximate surface area is 187 Å². The standard InChI is InChI=1S/C22H28ClN7O/c1-14-12-26-18(15(2)19(14)25-5)13-30-21(27-17(4)24)20(16(3)23)29(22(30)31)11-10-28-8-6-7-9-28/h6-9,12H,4,10-11,13,24H2,1-3,5H3,(H,25,26)/b20-16-,27-21+. The Bertz CT molecular complexity index is 1050. The molecule has 0 radical (unpaired) electrons. The average molecular weight is 442 g/mol. The third-order valence-corrected chi connectivity index (χ3v) is 5.38. The normalized spacial score (nSPS) is 16.9. The number of aryl methyl sites for hydroxylation is 1. The number of hydrogen-bond donors (Lipinski definition) is 2. The van der Waals surface area contributed by atoms with Gasteiger partial charge in [-0.25, -0.2) is 9.79 Å². The number of allylic oxidation sites excluding steroid dienone is 1. The predicted molar refractivity (Wildman–Crippen MR) is 125 cm³/mol. The zero-order valence-corrected chi connectivity index (χ0v) is 19.1. The Morgan fingerprint density at radius 2 is 1.94 bits per heavy atom. The monoisotopic (exact) mass is 441 g/mol. The van der Waals surface area contributed by atoms with Gasteiger partial charge >= 0.3 is 6.03 Å². The zero-order valence-electron chi connectivity index (χ0n) is 18.3. The number of nitrogens with zero attached hydrogens (tertiary/aromatic N) is 5. The van der Waals surface area contributed by atoms with E-state index in [-0.39, 0.29) is 18.4 Å². The minimum absolute atomic E-state index is 0.0972. The van der Waals surface area contributed by atoms with Crippen LogP contribution in [0.25, 0.3) is 0 Å². The van der Waals surface area contributed by atoms with E-state index in [1.54, 1.807) is 22.9 Å². The van der Waals surface area contributed by atoms with Gasteiger partial charge in [0.05, 0.1) is 12.2 Å². The summed E-state index contributed by atoms with van der Waals surface area (Å²) in [7, 11) is 1.87. The number of amides is 2. The van der Waals surface area contributed by atoms with Crippen LogP contribution in [-0.4, -0.2) is 44.8 Å². The molecule has 3 rings (SSSR count). The Morgan fingerprint density at radius 1 is 1.26 bits per heavy atom. The number of carbonyl (C=O) groups is 1. The molecule has 31 heavy (non-hydrogen) atoms. The van der Waals surface area contributed by atoms with Crippen LogP contribution in [0.4, 0.5) is 10.5 Å². The lowest BCUT2D eigenvalue weighted by Crippen LogP contribution is -2.34. The second kappa shape index (κ2) is 9.26. The van der Waals surface area contributed by atoms with Gasteiger partial charge in [-0.05, 0) is 44.0 Å². The molecule has 0 unspecified atom stereocenters. The quantitative estimate of drug-likeness (QED) is 0.683. The first-order valence-corrected chi connectivity index (χ1v) is 10.3. The molecule has 3 heterocycles. The van der Waals surface area contributed by atoms with Crippen LogP contribution in [0.15, 0.2) is 58.8 Å². The molecule has 0 bridgehead atoms. The number of rotatable bonds is 7. The smallest absolute Gasteiger partial charge is 0.330 e. The number of nitrogens with two attached hydrogens (primary N) is 1. The van der Waals surface area contributed by atoms with Crippen molar-refractivity contribution >= 4 is 29.2 Å². The van der Waals surface area contributed by atoms with Crippen molar-refractivity contribution in [2.75, 3.05) is 18.9 Å². The Balaban J connectivity index is 2.00. The molecule has 1 saturated heterocycles. The van der Waals surface area contributed by atoms with E-state index in [1.807, 2.05) is 50.0 Å². The van der Waals surface area contributed by atoms with E-state index < -0.39 is 0 Å². The van der Waals surface area contributed by atoms with Gasteiger partial charge in [0.1, 0.15) is 11.5 Å². The van der Waals surface area contributed by atoms with E-state index in [4.69, 9.17) is 17.3 Å². The van der Waals surface area contributed by atoms with Crippen LogP contribution in [-0.2, 0) is 13.1 Å². The minimum atomic E-state index is -0.227. The van der Waals surface area contributed by atoms with Gasteiger partial charge < -0.3 is 15.6 Å². The molecule has 0 spiro atoms. The molecule has 0 saturated carbocycles. The fourth-order valence-corrected chi connectivity index (χ4v) is 3.91. The Hall–Kier alpha value is -3.26. The fraction of sp³-hybridized carbons (Fsp3) is 0.318. The Morgan fingerprint density at radius 3 is 2.52 bits per heavy atom. The molecular formula is C22H28ClN7O. The lowest BCUT2D eigenvalue weighted by molar-refractivity contribution is 0.198. The number of aliphatic imine (C=N–C) groups is 1. The first-order valence-electron chi connectivity index (χ1n) is 9.97. The summed E-state index contributed by atoms with van der Waals surface area (Å²) in [5.74, 6) is 0.477. The molecule has 3 N–H and O–H groups in total. The summed E-state index contributed by atoms with van der Waals surface area (Å²) in [5.41, 5.74) is 10.1. The second-order valence-corrected chi connectivity index (χ2v) is 7.95. The van der Waals surface area contributed by atoms with Crippen LogP contribution in [0.5, 0.6) is 0 Å². The van der Waals surface area contributed by atoms with Crippen LogP contribution in [0.1, 0.15) is 23.7 Å². The predicted octanol–water partition coefficient (Wildman–Crippen LogP) is 3.78. The number of carbonyl (C=O) groups excluding carboxylic acids is 1. The van der Waals surface area contributed by atoms with Gasteiger partial charge in [-0.15, -0.1) is 0 Å². The molecule has 0 aliphatic carbocycles. The average Bonchev–Trinajstić information content (AvgIpc) is 3.30. The van der Waals surface area contributed by atoms with Crippen molar-refractivity contribution in [2.45, 2.75) is 33.9 Å². The maximum atomic E-state index is 13.5. The molecule has 2 amide bonds. The summed E-state index contributed by atoms with van der Waals surface area (Å²) in [6, 6.07) is 3.66. The van der Waals surface area contributed by atoms with Gasteiger partial charge in [0.25, 0.3) is 0 Å². The van der Waals surface area contributed by atoms with Crippen molar-refractivity contribution in [3.8, 4) is 0 Å². The minimum Gasteiger partial charge on any atom is -0.388 e. The van der Waals surface area contributed by atoms with Gasteiger partial charge in [-0.3, -0.25) is 14.8 Å². The SMILES string of the molecule is C=C(N)/N=C1\C(=C(/C)Cl)N(CCn2cccc2)C(=O)N1Cc1ncc(C)c(NC)c1C. The fourth-order valence-electron chi connectivity index (χ4n) is 3.72. The van der Waals surface area contributed by atoms with Crippen molar-refractivity contribution < 1.29 is 4.79 Å². The van der Waals surface area contributed by atoms with Crippen molar-refractivity contribution in [1.29, 1.82) is 0 Å². The molecule has 0 aromatic carbocycles. The first-order chi connectivity index (χ1) is 14.7. The summed E-state index contributed by atoms with van der Waals surface area (Å²) < 4.78 is 2.00. The van der Waals surface area contributed by atoms with Crippen LogP contribution in [0, 0.1) is 13.8 Å². The zero-order chi connectivity index (χ0) is 22.7. The molecule has 164 valence electrons. The van der Waals surface area contributed by atoms with Gasteiger partial charge in [-0.1, -0.05) is 18.2 Å². The third kappa shape index (κ3) is 4.59. The summed E-state index contributed by atoms with van der Waals surface area (Å²) >= 11 is 6.43. The molecule has 2 aromatic rings. The lowest BCUT2D eigenvalue weighted by atomic mass is 10.1. The molecular weight excluding hydrogens is 414 g/mol. The van der Waals surface area contributed by atoms with Gasteiger partial charge in [-0.2, -0.15) is 0 Å². The van der Waals surface area contributed by atoms with E-state index in [2.05, 4.69) is 21.9 Å². The van der Waals surface area contributed by atoms with Crippen LogP contribution in [0.2, 0.25) is 0 Å². The van der Waals surface area contributed by atoms with Crippen molar-refractivity contribution in [2.24, 2.45) is 10.7 Å². The van der Waals surface area contributed by atoms with Crippen LogP contribution >= 0.6 is 11.6 Å². The van der Waals surface area contributed by atoms with Crippen molar-refractivity contribution in [3.05, 3.63) is 70.7 Å². The van der Waals surface area contributed by atoms with Gasteiger partial charge in [0.15, 0.2) is 5.84 Å². The van der Waals surface area contributed by atoms with E-state index in [0.717, 1.165) is 22.5 Å². The lowest BCUT2D eigenvalue weighted by Gasteiger charge is -2.20. The number of halogens is 1.